The molecule has 34 N–H and O–H groups in total. The van der Waals surface area contributed by atoms with Crippen molar-refractivity contribution < 1.29 is 131 Å². The molecule has 54 nitrogen and oxygen atoms in total. The molecule has 0 radical (unpaired) electrons. The van der Waals surface area contributed by atoms with Crippen LogP contribution in [0.5, 0.6) is 5.75 Å². The van der Waals surface area contributed by atoms with E-state index in [1.165, 1.54) is 43.7 Å². The highest BCUT2D eigenvalue weighted by Crippen LogP contribution is 2.30. The molecule has 1 aromatic carbocycles. The Morgan fingerprint density at radius 2 is 1.11 bits per heavy atom. The van der Waals surface area contributed by atoms with Gasteiger partial charge in [-0.2, -0.15) is 11.8 Å². The Hall–Kier alpha value is -12.6. The zero-order chi connectivity index (χ0) is 105. The van der Waals surface area contributed by atoms with Crippen LogP contribution in [-0.4, -0.2) is 375 Å². The lowest BCUT2D eigenvalue weighted by Crippen LogP contribution is -2.62. The number of H-pyrrole nitrogens is 1. The lowest BCUT2D eigenvalue weighted by molar-refractivity contribution is -0.146. The standard InChI is InChI=1S/C83H125N27O27S5/c1-5-37(2)63-78(133)102-52(65(88)120)32-139-140-33-53-72(127)96-46(23-39-12-14-41(113)15-13-39)69(124)99-48(24-40-29-91-36-93-40)80(135)109-21-8-11-57(109)76(131)107-64(38(3)112)79(134)105-55(35-142-141-34-54(74(129)103-53)104-77(132)58-25-42(114)30-110(58)82(137)50(28-62(118)119)98-66(121)43(84)9-6-19-92-83(89)90)73(128)97-47(26-60(86)116)70(125)94-45(18-22-138-4)67(122)101-51(31-111)71(126)100-49(27-61(87)117)81(136)108-20-7-10-56(108)75(130)95-44(68(123)106-63)16-17-59(85)115/h12-15,29,36-38,42-58,63-64,111-114H,5-11,16-28,30-35,84H2,1-4H3,(H2,85,115)(H2,86,116)(H2,87,117)(H2,88,120)(H,91,93)(H,94,125)(H,95,130)(H,96,127)(H,97,128)(H,98,121)(H,99,124)(H,100,126)(H,101,122)(H,102,133)(H,103,129)(H,104,132)(H,105,134)(H,106,123)(H,107,131)(H,118,119)(H4,89,90,92)/t37-,38+,42+,43-,44-,45-,46-,47-,48-,49-,50-,51-,52-,53-,54-,55-,56-,57-,58-,63-,64-/m0/s1. The van der Waals surface area contributed by atoms with Crippen LogP contribution in [0.2, 0.25) is 0 Å². The molecule has 0 spiro atoms. The number of imidazole rings is 1. The molecule has 21 atom stereocenters. The summed E-state index contributed by atoms with van der Waals surface area (Å²) in [5, 5.41) is 98.2. The highest BCUT2D eigenvalue weighted by Gasteiger charge is 2.48. The number of aliphatic hydroxyl groups excluding tert-OH is 3. The van der Waals surface area contributed by atoms with Gasteiger partial charge in [0.05, 0.1) is 56.1 Å². The number of hydrogen-bond donors (Lipinski definition) is 28. The minimum Gasteiger partial charge on any atom is -0.508 e. The summed E-state index contributed by atoms with van der Waals surface area (Å²) in [7, 11) is 2.57. The summed E-state index contributed by atoms with van der Waals surface area (Å²) in [6, 6.07) is -27.9. The quantitative estimate of drug-likeness (QED) is 0.0149. The minimum atomic E-state index is -2.16. The van der Waals surface area contributed by atoms with Crippen LogP contribution in [0.4, 0.5) is 0 Å². The van der Waals surface area contributed by atoms with Crippen LogP contribution in [0.3, 0.4) is 0 Å². The molecular formula is C83H125N27O27S5. The van der Waals surface area contributed by atoms with Gasteiger partial charge in [0, 0.05) is 81.1 Å². The highest BCUT2D eigenvalue weighted by molar-refractivity contribution is 8.77. The van der Waals surface area contributed by atoms with Crippen molar-refractivity contribution in [2.45, 2.75) is 244 Å². The van der Waals surface area contributed by atoms with Gasteiger partial charge in [0.25, 0.3) is 0 Å². The monoisotopic (exact) mass is 2090 g/mol. The average molecular weight is 2090 g/mol. The topological polar surface area (TPSA) is 876 Å². The number of β-amino-alcohol motifs (C(OH)–C–C–N with tert-alkyl or cyclic N) is 1. The fourth-order valence-corrected chi connectivity index (χ4v) is 20.7. The maximum absolute atomic E-state index is 15.8. The van der Waals surface area contributed by atoms with Crippen LogP contribution in [0.1, 0.15) is 122 Å². The van der Waals surface area contributed by atoms with E-state index in [4.69, 9.17) is 39.8 Å². The number of thioether (sulfide) groups is 1. The van der Waals surface area contributed by atoms with Crippen molar-refractivity contribution in [3.8, 4) is 5.75 Å². The van der Waals surface area contributed by atoms with E-state index in [2.05, 4.69) is 89.7 Å². The smallest absolute Gasteiger partial charge is 0.305 e. The van der Waals surface area contributed by atoms with Gasteiger partial charge in [-0.25, -0.2) is 4.98 Å². The lowest BCUT2D eigenvalue weighted by Gasteiger charge is -2.31. The Morgan fingerprint density at radius 1 is 0.599 bits per heavy atom. The second kappa shape index (κ2) is 56.9. The number of aliphatic hydroxyl groups is 3. The number of fused-ring (bicyclic) bond motifs is 10. The number of nitrogens with zero attached hydrogens (tertiary/aromatic N) is 4. The molecule has 0 unspecified atom stereocenters. The summed E-state index contributed by atoms with van der Waals surface area (Å²) in [6.07, 6.45) is -5.52. The van der Waals surface area contributed by atoms with Gasteiger partial charge in [0.15, 0.2) is 5.96 Å². The maximum Gasteiger partial charge on any atom is 0.305 e. The second-order valence-corrected chi connectivity index (χ2v) is 40.4. The molecule has 5 saturated heterocycles. The number of aliphatic carboxylic acids is 1. The number of aromatic hydroxyl groups is 1. The van der Waals surface area contributed by atoms with Crippen LogP contribution in [0.25, 0.3) is 0 Å². The summed E-state index contributed by atoms with van der Waals surface area (Å²) in [5.41, 5.74) is 34.7. The molecular weight excluding hydrogens is 1970 g/mol. The fourth-order valence-electron chi connectivity index (χ4n) is 15.6. The van der Waals surface area contributed by atoms with Gasteiger partial charge in [-0.1, -0.05) is 75.6 Å². The van der Waals surface area contributed by atoms with E-state index in [-0.39, 0.29) is 93.8 Å². The number of carboxylic acid groups (broad SMARTS) is 1. The first-order valence-electron chi connectivity index (χ1n) is 45.3. The van der Waals surface area contributed by atoms with Gasteiger partial charge < -0.3 is 159 Å². The summed E-state index contributed by atoms with van der Waals surface area (Å²) in [6.45, 7) is 1.81. The normalized spacial score (nSPS) is 26.8. The molecule has 5 aliphatic heterocycles. The van der Waals surface area contributed by atoms with Gasteiger partial charge in [0.2, 0.25) is 124 Å². The molecule has 5 aliphatic rings. The first-order chi connectivity index (χ1) is 67.2. The SMILES string of the molecule is CC[C@H](C)[C@@H]1NC(=O)[C@H](CCC(N)=O)NC(=O)[C@@H]2CCCN2C(=O)[C@H](CC(N)=O)NC(=O)[C@H](CO)NC(=O)[C@H](CCSC)NC(=O)[C@H](CC(N)=O)NC(=O)[C@@H]2CSSC[C@H](NC(=O)[C@@H]3C[C@@H](O)CN3C(=O)[C@H](CC(=O)O)NC(=O)[C@@H](N)CCCNC(=N)N)C(=O)N[C@@H](CSSC[C@@H](C(N)=O)NC1=O)C(=O)N[C@@H](Cc1ccc(O)cc1)C(=O)N[C@@H](Cc1c[nH]cn1)C(=O)N1CCC[C@H]1C(=O)N[C@@H]([C@@H](C)O)C(=O)N2. The molecule has 142 heavy (non-hydrogen) atoms. The number of carboxylic acids is 1. The zero-order valence-corrected chi connectivity index (χ0v) is 82.1. The van der Waals surface area contributed by atoms with Crippen LogP contribution in [0.15, 0.2) is 36.8 Å². The number of hydrogen-bond acceptors (Lipinski definition) is 34. The molecule has 2 aromatic rings. The van der Waals surface area contributed by atoms with E-state index >= 15 is 33.6 Å². The van der Waals surface area contributed by atoms with Crippen LogP contribution >= 0.6 is 54.9 Å². The number of phenolic OH excluding ortho intramolecular Hbond substituents is 1. The number of rotatable bonds is 30. The molecule has 0 saturated carbocycles. The Morgan fingerprint density at radius 3 is 1.68 bits per heavy atom. The van der Waals surface area contributed by atoms with Crippen molar-refractivity contribution >= 4 is 191 Å². The van der Waals surface area contributed by atoms with Crippen LogP contribution in [0, 0.1) is 11.3 Å². The third-order valence-corrected chi connectivity index (χ3v) is 28.9. The Bertz CT molecular complexity index is 4880. The van der Waals surface area contributed by atoms with E-state index in [0.29, 0.717) is 48.1 Å². The summed E-state index contributed by atoms with van der Waals surface area (Å²) < 4.78 is 0. The first kappa shape index (κ1) is 116. The van der Waals surface area contributed by atoms with Gasteiger partial charge >= 0.3 is 5.97 Å². The molecule has 5 fully saturated rings. The van der Waals surface area contributed by atoms with Crippen LogP contribution in [-0.2, 0) is 118 Å². The number of nitrogens with one attached hydrogen (secondary N) is 17. The molecule has 1 aromatic heterocycles. The maximum atomic E-state index is 15.8. The molecule has 784 valence electrons. The number of amides is 21. The minimum absolute atomic E-state index is 0.0123. The second-order valence-electron chi connectivity index (χ2n) is 34.3. The van der Waals surface area contributed by atoms with Crippen molar-refractivity contribution in [2.24, 2.45) is 40.3 Å². The molecule has 59 heteroatoms. The van der Waals surface area contributed by atoms with E-state index in [1.807, 2.05) is 0 Å². The number of primary amides is 4. The molecule has 7 rings (SSSR count). The van der Waals surface area contributed by atoms with Gasteiger partial charge in [-0.05, 0) is 93.9 Å². The Kier molecular flexibility index (Phi) is 46.6. The predicted molar refractivity (Wildman–Crippen MR) is 512 cm³/mol. The van der Waals surface area contributed by atoms with Crippen molar-refractivity contribution in [2.75, 3.05) is 67.8 Å². The lowest BCUT2D eigenvalue weighted by atomic mass is 9.97. The summed E-state index contributed by atoms with van der Waals surface area (Å²) in [4.78, 5) is 328. The number of benzene rings is 1. The number of likely N-dealkylation sites (tertiary alicyclic amines) is 1. The largest absolute Gasteiger partial charge is 0.508 e. The van der Waals surface area contributed by atoms with Crippen molar-refractivity contribution in [1.82, 2.24) is 104 Å². The molecule has 0 aliphatic carbocycles. The molecule has 2 bridgehead atoms. The average Bonchev–Trinajstić information content (AvgIpc) is 1.61. The van der Waals surface area contributed by atoms with E-state index in [9.17, 15) is 97.5 Å². The van der Waals surface area contributed by atoms with Crippen molar-refractivity contribution in [1.29, 1.82) is 5.41 Å². The third kappa shape index (κ3) is 35.8. The number of carbonyl (C=O) groups excluding carboxylic acids is 21. The fraction of sp³-hybridized carbons (Fsp3) is 0.614. The van der Waals surface area contributed by atoms with E-state index < -0.39 is 350 Å². The summed E-state index contributed by atoms with van der Waals surface area (Å²) >= 11 is 1.12. The van der Waals surface area contributed by atoms with E-state index in [0.717, 1.165) is 28.5 Å². The van der Waals surface area contributed by atoms with Gasteiger partial charge in [-0.3, -0.25) is 111 Å². The van der Waals surface area contributed by atoms with E-state index in [1.54, 1.807) is 13.2 Å². The number of nitrogens with two attached hydrogens (primary N) is 6. The van der Waals surface area contributed by atoms with Crippen molar-refractivity contribution in [3.63, 3.8) is 0 Å². The van der Waals surface area contributed by atoms with Gasteiger partial charge in [0.1, 0.15) is 108 Å². The molecule has 21 amide bonds. The first-order valence-corrected chi connectivity index (χ1v) is 51.7. The summed E-state index contributed by atoms with van der Waals surface area (Å²) in [5.74, 6) is -31.1. The Labute approximate surface area is 833 Å². The number of aromatic nitrogens is 2. The zero-order valence-electron chi connectivity index (χ0n) is 78.0. The van der Waals surface area contributed by atoms with Gasteiger partial charge in [-0.15, -0.1) is 0 Å². The number of aromatic amines is 1. The molecule has 6 heterocycles. The van der Waals surface area contributed by atoms with Crippen molar-refractivity contribution in [3.05, 3.63) is 48.0 Å². The third-order valence-electron chi connectivity index (χ3n) is 23.4. The number of carbonyl (C=O) groups is 22. The highest BCUT2D eigenvalue weighted by atomic mass is 33.1. The number of guanidine groups is 1. The van der Waals surface area contributed by atoms with Crippen LogP contribution < -0.4 is 114 Å². The Balaban J connectivity index is 1.43. The predicted octanol–water partition coefficient (Wildman–Crippen LogP) is -11.8. The number of phenols is 1.